The second-order valence-corrected chi connectivity index (χ2v) is 6.28. The van der Waals surface area contributed by atoms with Crippen molar-refractivity contribution in [3.63, 3.8) is 0 Å². The summed E-state index contributed by atoms with van der Waals surface area (Å²) in [6.07, 6.45) is 0. The Morgan fingerprint density at radius 3 is 2.40 bits per heavy atom. The van der Waals surface area contributed by atoms with Crippen LogP contribution in [0.25, 0.3) is 5.57 Å². The summed E-state index contributed by atoms with van der Waals surface area (Å²) in [5.74, 6) is -1.08. The molecule has 1 aliphatic heterocycles. The lowest BCUT2D eigenvalue weighted by Crippen LogP contribution is -2.27. The highest BCUT2D eigenvalue weighted by molar-refractivity contribution is 9.10. The predicted octanol–water partition coefficient (Wildman–Crippen LogP) is 3.84. The van der Waals surface area contributed by atoms with Gasteiger partial charge in [0, 0.05) is 15.6 Å². The van der Waals surface area contributed by atoms with Gasteiger partial charge in [0.1, 0.15) is 11.6 Å². The highest BCUT2D eigenvalue weighted by Crippen LogP contribution is 2.33. The van der Waals surface area contributed by atoms with E-state index < -0.39 is 5.97 Å². The molecule has 6 heteroatoms. The first-order valence-corrected chi connectivity index (χ1v) is 8.19. The van der Waals surface area contributed by atoms with E-state index in [0.717, 1.165) is 4.47 Å². The van der Waals surface area contributed by atoms with E-state index in [1.807, 2.05) is 0 Å². The Hall–Kier alpha value is -2.73. The van der Waals surface area contributed by atoms with Crippen molar-refractivity contribution in [3.05, 3.63) is 87.9 Å². The zero-order valence-corrected chi connectivity index (χ0v) is 14.6. The molecule has 3 rings (SSSR count). The summed E-state index contributed by atoms with van der Waals surface area (Å²) in [6.45, 7) is 3.70. The molecule has 0 saturated carbocycles. The Labute approximate surface area is 152 Å². The lowest BCUT2D eigenvalue weighted by molar-refractivity contribution is -0.133. The van der Waals surface area contributed by atoms with Crippen molar-refractivity contribution < 1.29 is 18.7 Å². The van der Waals surface area contributed by atoms with Crippen LogP contribution in [0.4, 0.5) is 4.39 Å². The van der Waals surface area contributed by atoms with Crippen molar-refractivity contribution in [1.29, 1.82) is 0 Å². The standard InChI is InChI=1S/C19H13BrFNO3/c1-11-17(12-4-8-15(21)9-5-12)16(19(24)25-11)10-22-18(23)13-2-6-14(20)7-3-13/h2-9H,1,10H2,(H,22,23). The number of hydrogen-bond acceptors (Lipinski definition) is 3. The van der Waals surface area contributed by atoms with Crippen molar-refractivity contribution in [2.24, 2.45) is 0 Å². The van der Waals surface area contributed by atoms with Gasteiger partial charge in [0.2, 0.25) is 0 Å². The van der Waals surface area contributed by atoms with Crippen LogP contribution in [-0.4, -0.2) is 18.4 Å². The van der Waals surface area contributed by atoms with Crippen LogP contribution in [0, 0.1) is 5.82 Å². The molecule has 2 aromatic rings. The average molecular weight is 402 g/mol. The number of halogens is 2. The monoisotopic (exact) mass is 401 g/mol. The minimum absolute atomic E-state index is 0.0144. The van der Waals surface area contributed by atoms with Crippen LogP contribution in [0.5, 0.6) is 0 Å². The van der Waals surface area contributed by atoms with Gasteiger partial charge in [-0.05, 0) is 42.0 Å². The molecule has 0 bridgehead atoms. The molecule has 25 heavy (non-hydrogen) atoms. The molecule has 1 N–H and O–H groups in total. The van der Waals surface area contributed by atoms with Gasteiger partial charge in [0.15, 0.2) is 0 Å². The highest BCUT2D eigenvalue weighted by Gasteiger charge is 2.29. The minimum atomic E-state index is -0.569. The normalized spacial score (nSPS) is 13.8. The third-order valence-corrected chi connectivity index (χ3v) is 4.24. The SMILES string of the molecule is C=C1OC(=O)C(CNC(=O)c2ccc(Br)cc2)=C1c1ccc(F)cc1. The molecule has 0 fully saturated rings. The largest absolute Gasteiger partial charge is 0.423 e. The summed E-state index contributed by atoms with van der Waals surface area (Å²) in [5.41, 5.74) is 1.82. The summed E-state index contributed by atoms with van der Waals surface area (Å²) in [7, 11) is 0. The molecule has 1 amide bonds. The lowest BCUT2D eigenvalue weighted by atomic mass is 10.00. The number of rotatable bonds is 4. The van der Waals surface area contributed by atoms with Crippen molar-refractivity contribution in [2.45, 2.75) is 0 Å². The maximum atomic E-state index is 13.1. The summed E-state index contributed by atoms with van der Waals surface area (Å²) in [6, 6.07) is 12.5. The van der Waals surface area contributed by atoms with E-state index in [4.69, 9.17) is 4.74 Å². The molecule has 4 nitrogen and oxygen atoms in total. The highest BCUT2D eigenvalue weighted by atomic mass is 79.9. The van der Waals surface area contributed by atoms with Crippen LogP contribution in [0.2, 0.25) is 0 Å². The number of carbonyl (C=O) groups excluding carboxylic acids is 2. The van der Waals surface area contributed by atoms with E-state index in [-0.39, 0.29) is 29.6 Å². The lowest BCUT2D eigenvalue weighted by Gasteiger charge is -2.07. The molecule has 2 aromatic carbocycles. The van der Waals surface area contributed by atoms with Gasteiger partial charge in [-0.3, -0.25) is 4.79 Å². The van der Waals surface area contributed by atoms with E-state index >= 15 is 0 Å². The maximum absolute atomic E-state index is 13.1. The van der Waals surface area contributed by atoms with Crippen LogP contribution in [0.15, 0.2) is 70.9 Å². The molecule has 0 aliphatic carbocycles. The number of ether oxygens (including phenoxy) is 1. The molecule has 0 unspecified atom stereocenters. The van der Waals surface area contributed by atoms with Crippen LogP contribution in [0.1, 0.15) is 15.9 Å². The van der Waals surface area contributed by atoms with Crippen molar-refractivity contribution in [3.8, 4) is 0 Å². The summed E-state index contributed by atoms with van der Waals surface area (Å²) in [4.78, 5) is 24.3. The fraction of sp³-hybridized carbons (Fsp3) is 0.0526. The number of cyclic esters (lactones) is 1. The quantitative estimate of drug-likeness (QED) is 0.791. The first-order chi connectivity index (χ1) is 12.0. The van der Waals surface area contributed by atoms with Gasteiger partial charge in [-0.1, -0.05) is 34.6 Å². The van der Waals surface area contributed by atoms with Gasteiger partial charge in [-0.25, -0.2) is 9.18 Å². The van der Waals surface area contributed by atoms with Crippen LogP contribution in [0.3, 0.4) is 0 Å². The van der Waals surface area contributed by atoms with Crippen LogP contribution < -0.4 is 5.32 Å². The second-order valence-electron chi connectivity index (χ2n) is 5.36. The Morgan fingerprint density at radius 2 is 1.76 bits per heavy atom. The molecule has 0 aromatic heterocycles. The molecular formula is C19H13BrFNO3. The summed E-state index contributed by atoms with van der Waals surface area (Å²) < 4.78 is 19.0. The number of allylic oxidation sites excluding steroid dienone is 1. The Kier molecular flexibility index (Phi) is 4.81. The number of carbonyl (C=O) groups is 2. The van der Waals surface area contributed by atoms with Crippen LogP contribution >= 0.6 is 15.9 Å². The number of nitrogens with one attached hydrogen (secondary N) is 1. The van der Waals surface area contributed by atoms with Crippen molar-refractivity contribution in [1.82, 2.24) is 5.32 Å². The second kappa shape index (κ2) is 7.03. The van der Waals surface area contributed by atoms with Gasteiger partial charge in [0.05, 0.1) is 12.1 Å². The van der Waals surface area contributed by atoms with Gasteiger partial charge in [0.25, 0.3) is 5.91 Å². The van der Waals surface area contributed by atoms with Crippen molar-refractivity contribution in [2.75, 3.05) is 6.54 Å². The summed E-state index contributed by atoms with van der Waals surface area (Å²) >= 11 is 3.30. The zero-order chi connectivity index (χ0) is 18.0. The number of amides is 1. The van der Waals surface area contributed by atoms with Crippen LogP contribution in [-0.2, 0) is 9.53 Å². The Bertz CT molecular complexity index is 886. The Balaban J connectivity index is 1.83. The summed E-state index contributed by atoms with van der Waals surface area (Å²) in [5, 5.41) is 2.69. The third-order valence-electron chi connectivity index (χ3n) is 3.71. The Morgan fingerprint density at radius 1 is 1.12 bits per heavy atom. The van der Waals surface area contributed by atoms with E-state index in [0.29, 0.717) is 16.7 Å². The number of hydrogen-bond donors (Lipinski definition) is 1. The number of benzene rings is 2. The van der Waals surface area contributed by atoms with Gasteiger partial charge in [-0.15, -0.1) is 0 Å². The fourth-order valence-electron chi connectivity index (χ4n) is 2.48. The van der Waals surface area contributed by atoms with E-state index in [9.17, 15) is 14.0 Å². The topological polar surface area (TPSA) is 55.4 Å². The predicted molar refractivity (Wildman–Crippen MR) is 95.0 cm³/mol. The molecule has 0 radical (unpaired) electrons. The first-order valence-electron chi connectivity index (χ1n) is 7.40. The van der Waals surface area contributed by atoms with Crippen molar-refractivity contribution >= 4 is 33.4 Å². The zero-order valence-electron chi connectivity index (χ0n) is 13.0. The molecule has 0 spiro atoms. The van der Waals surface area contributed by atoms with Gasteiger partial charge in [-0.2, -0.15) is 0 Å². The van der Waals surface area contributed by atoms with Gasteiger partial charge < -0.3 is 10.1 Å². The molecule has 1 aliphatic rings. The molecular weight excluding hydrogens is 389 g/mol. The van der Waals surface area contributed by atoms with E-state index in [2.05, 4.69) is 27.8 Å². The molecule has 0 saturated heterocycles. The van der Waals surface area contributed by atoms with E-state index in [1.165, 1.54) is 24.3 Å². The molecule has 126 valence electrons. The molecule has 0 atom stereocenters. The minimum Gasteiger partial charge on any atom is -0.423 e. The van der Waals surface area contributed by atoms with E-state index in [1.54, 1.807) is 24.3 Å². The molecule has 1 heterocycles. The van der Waals surface area contributed by atoms with Gasteiger partial charge >= 0.3 is 5.97 Å². The first kappa shape index (κ1) is 17.1. The average Bonchev–Trinajstić information content (AvgIpc) is 2.87. The maximum Gasteiger partial charge on any atom is 0.341 e. The third kappa shape index (κ3) is 3.69. The fourth-order valence-corrected chi connectivity index (χ4v) is 2.74. The smallest absolute Gasteiger partial charge is 0.341 e. The number of esters is 1.